The highest BCUT2D eigenvalue weighted by atomic mass is 16.2. The number of benzene rings is 1. The number of carbonyl (C=O) groups excluding carboxylic acids is 2. The van der Waals surface area contributed by atoms with Crippen LogP contribution in [0.25, 0.3) is 0 Å². The van der Waals surface area contributed by atoms with Crippen LogP contribution in [0.2, 0.25) is 0 Å². The Bertz CT molecular complexity index is 664. The number of fused-ring (bicyclic) bond motifs is 5. The summed E-state index contributed by atoms with van der Waals surface area (Å²) < 4.78 is 0. The maximum Gasteiger partial charge on any atom is 0.235 e. The van der Waals surface area contributed by atoms with E-state index in [0.717, 1.165) is 17.7 Å². The Hall–Kier alpha value is -2.10. The number of hydrogen-bond donors (Lipinski definition) is 1. The van der Waals surface area contributed by atoms with Crippen LogP contribution in [0.4, 0.5) is 5.69 Å². The van der Waals surface area contributed by atoms with Crippen LogP contribution in [0.5, 0.6) is 0 Å². The summed E-state index contributed by atoms with van der Waals surface area (Å²) in [5.41, 5.74) is 3.34. The van der Waals surface area contributed by atoms with E-state index in [2.05, 4.69) is 30.5 Å². The van der Waals surface area contributed by atoms with E-state index in [4.69, 9.17) is 0 Å². The minimum absolute atomic E-state index is 0.00431. The van der Waals surface area contributed by atoms with E-state index >= 15 is 0 Å². The summed E-state index contributed by atoms with van der Waals surface area (Å²) in [7, 11) is 0. The number of nitrogens with one attached hydrogen (secondary N) is 1. The van der Waals surface area contributed by atoms with E-state index in [1.54, 1.807) is 0 Å². The zero-order chi connectivity index (χ0) is 15.4. The second kappa shape index (κ2) is 4.70. The van der Waals surface area contributed by atoms with E-state index in [1.165, 1.54) is 10.5 Å². The molecular weight excluding hydrogens is 276 g/mol. The number of allylic oxidation sites excluding steroid dienone is 2. The summed E-state index contributed by atoms with van der Waals surface area (Å²) >= 11 is 0. The largest absolute Gasteiger partial charge is 0.367 e. The summed E-state index contributed by atoms with van der Waals surface area (Å²) in [6.07, 6.45) is 5.22. The molecule has 2 amide bonds. The molecule has 2 bridgehead atoms. The summed E-state index contributed by atoms with van der Waals surface area (Å²) in [6, 6.07) is 6.02. The van der Waals surface area contributed by atoms with Gasteiger partial charge in [0, 0.05) is 5.69 Å². The molecule has 0 radical (unpaired) electrons. The lowest BCUT2D eigenvalue weighted by molar-refractivity contribution is -0.140. The van der Waals surface area contributed by atoms with Crippen molar-refractivity contribution in [2.45, 2.75) is 20.3 Å². The monoisotopic (exact) mass is 296 g/mol. The molecule has 1 aliphatic heterocycles. The molecule has 2 aliphatic carbocycles. The average molecular weight is 296 g/mol. The van der Waals surface area contributed by atoms with Gasteiger partial charge in [-0.3, -0.25) is 14.5 Å². The van der Waals surface area contributed by atoms with Gasteiger partial charge in [-0.05, 0) is 49.3 Å². The highest BCUT2D eigenvalue weighted by molar-refractivity contribution is 6.06. The molecule has 0 aromatic heterocycles. The quantitative estimate of drug-likeness (QED) is 0.688. The Morgan fingerprint density at radius 2 is 1.73 bits per heavy atom. The van der Waals surface area contributed by atoms with Crippen LogP contribution < -0.4 is 5.32 Å². The molecule has 3 aliphatic rings. The van der Waals surface area contributed by atoms with Gasteiger partial charge >= 0.3 is 0 Å². The first-order valence-corrected chi connectivity index (χ1v) is 7.91. The first-order valence-electron chi connectivity index (χ1n) is 7.91. The molecule has 4 atom stereocenters. The summed E-state index contributed by atoms with van der Waals surface area (Å²) in [6.45, 7) is 4.37. The summed E-state index contributed by atoms with van der Waals surface area (Å²) in [4.78, 5) is 26.6. The van der Waals surface area contributed by atoms with Gasteiger partial charge in [-0.1, -0.05) is 24.3 Å². The molecule has 1 N–H and O–H groups in total. The van der Waals surface area contributed by atoms with Gasteiger partial charge in [0.05, 0.1) is 18.5 Å². The van der Waals surface area contributed by atoms with Crippen molar-refractivity contribution in [3.8, 4) is 0 Å². The van der Waals surface area contributed by atoms with Crippen LogP contribution in [-0.2, 0) is 9.59 Å². The Morgan fingerprint density at radius 3 is 2.36 bits per heavy atom. The fourth-order valence-electron chi connectivity index (χ4n) is 4.23. The van der Waals surface area contributed by atoms with Gasteiger partial charge in [0.15, 0.2) is 0 Å². The topological polar surface area (TPSA) is 49.4 Å². The number of likely N-dealkylation sites (tertiary alicyclic amines) is 1. The van der Waals surface area contributed by atoms with Gasteiger partial charge < -0.3 is 5.32 Å². The van der Waals surface area contributed by atoms with Gasteiger partial charge in [0.2, 0.25) is 11.8 Å². The fraction of sp³-hybridized carbons (Fsp3) is 0.444. The summed E-state index contributed by atoms with van der Waals surface area (Å²) in [5, 5.41) is 3.26. The van der Waals surface area contributed by atoms with E-state index in [1.807, 2.05) is 19.1 Å². The molecule has 1 saturated carbocycles. The zero-order valence-electron chi connectivity index (χ0n) is 12.9. The standard InChI is InChI=1S/C18H20N2O2/c1-10-4-3-5-14(11(10)2)19-9-20-17(21)15-12-6-7-13(8-12)16(15)18(20)22/h3-7,12-13,15-16,19H,8-9H2,1-2H3. The Balaban J connectivity index is 1.52. The summed E-state index contributed by atoms with van der Waals surface area (Å²) in [5.74, 6) is 0.342. The number of anilines is 1. The third-order valence-corrected chi connectivity index (χ3v) is 5.59. The predicted octanol–water partition coefficient (Wildman–Crippen LogP) is 2.48. The lowest BCUT2D eigenvalue weighted by Gasteiger charge is -2.19. The van der Waals surface area contributed by atoms with E-state index in [9.17, 15) is 9.59 Å². The van der Waals surface area contributed by atoms with Crippen molar-refractivity contribution in [2.75, 3.05) is 12.0 Å². The highest BCUT2D eigenvalue weighted by Gasteiger charge is 2.59. The minimum Gasteiger partial charge on any atom is -0.367 e. The molecule has 22 heavy (non-hydrogen) atoms. The molecule has 4 heteroatoms. The normalized spacial score (nSPS) is 32.0. The van der Waals surface area contributed by atoms with Crippen LogP contribution in [0.15, 0.2) is 30.4 Å². The molecule has 4 nitrogen and oxygen atoms in total. The molecule has 1 aromatic rings. The van der Waals surface area contributed by atoms with Crippen LogP contribution in [-0.4, -0.2) is 23.4 Å². The molecule has 1 heterocycles. The number of imide groups is 1. The predicted molar refractivity (Wildman–Crippen MR) is 84.0 cm³/mol. The highest BCUT2D eigenvalue weighted by Crippen LogP contribution is 2.52. The molecular formula is C18H20N2O2. The van der Waals surface area contributed by atoms with Gasteiger partial charge in [-0.15, -0.1) is 0 Å². The first-order chi connectivity index (χ1) is 10.6. The second-order valence-electron chi connectivity index (χ2n) is 6.69. The Morgan fingerprint density at radius 1 is 1.09 bits per heavy atom. The zero-order valence-corrected chi connectivity index (χ0v) is 12.9. The van der Waals surface area contributed by atoms with E-state index in [-0.39, 0.29) is 42.2 Å². The van der Waals surface area contributed by atoms with Crippen molar-refractivity contribution in [2.24, 2.45) is 23.7 Å². The van der Waals surface area contributed by atoms with Crippen molar-refractivity contribution in [3.05, 3.63) is 41.5 Å². The lowest BCUT2D eigenvalue weighted by atomic mass is 9.85. The van der Waals surface area contributed by atoms with Crippen LogP contribution in [0.1, 0.15) is 17.5 Å². The molecule has 4 unspecified atom stereocenters. The molecule has 2 fully saturated rings. The number of rotatable bonds is 3. The van der Waals surface area contributed by atoms with Crippen molar-refractivity contribution in [1.29, 1.82) is 0 Å². The Labute approximate surface area is 130 Å². The van der Waals surface area contributed by atoms with Crippen LogP contribution >= 0.6 is 0 Å². The maximum absolute atomic E-state index is 12.6. The molecule has 1 saturated heterocycles. The minimum atomic E-state index is -0.108. The third kappa shape index (κ3) is 1.76. The fourth-order valence-corrected chi connectivity index (χ4v) is 4.23. The average Bonchev–Trinajstić information content (AvgIpc) is 3.17. The number of aryl methyl sites for hydroxylation is 1. The van der Waals surface area contributed by atoms with Crippen molar-refractivity contribution in [1.82, 2.24) is 4.90 Å². The lowest BCUT2D eigenvalue weighted by Crippen LogP contribution is -2.37. The van der Waals surface area contributed by atoms with Gasteiger partial charge in [-0.25, -0.2) is 0 Å². The van der Waals surface area contributed by atoms with Gasteiger partial charge in [-0.2, -0.15) is 0 Å². The molecule has 0 spiro atoms. The SMILES string of the molecule is Cc1cccc(NCN2C(=O)C3C4C=CC(C4)C3C2=O)c1C. The molecule has 4 rings (SSSR count). The van der Waals surface area contributed by atoms with Crippen molar-refractivity contribution in [3.63, 3.8) is 0 Å². The van der Waals surface area contributed by atoms with E-state index in [0.29, 0.717) is 0 Å². The smallest absolute Gasteiger partial charge is 0.235 e. The van der Waals surface area contributed by atoms with Crippen molar-refractivity contribution < 1.29 is 9.59 Å². The first kappa shape index (κ1) is 13.6. The van der Waals surface area contributed by atoms with E-state index < -0.39 is 0 Å². The third-order valence-electron chi connectivity index (χ3n) is 5.59. The van der Waals surface area contributed by atoms with Crippen molar-refractivity contribution >= 4 is 17.5 Å². The van der Waals surface area contributed by atoms with Crippen LogP contribution in [0.3, 0.4) is 0 Å². The number of hydrogen-bond acceptors (Lipinski definition) is 3. The molecule has 1 aromatic carbocycles. The van der Waals surface area contributed by atoms with Crippen LogP contribution in [0, 0.1) is 37.5 Å². The number of amides is 2. The Kier molecular flexibility index (Phi) is 2.90. The molecule has 114 valence electrons. The number of nitrogens with zero attached hydrogens (tertiary/aromatic N) is 1. The maximum atomic E-state index is 12.6. The van der Waals surface area contributed by atoms with Gasteiger partial charge in [0.1, 0.15) is 0 Å². The van der Waals surface area contributed by atoms with Gasteiger partial charge in [0.25, 0.3) is 0 Å². The second-order valence-corrected chi connectivity index (χ2v) is 6.69. The number of carbonyl (C=O) groups is 2.